The third-order valence-corrected chi connectivity index (χ3v) is 17.4. The van der Waals surface area contributed by atoms with Gasteiger partial charge in [0.1, 0.15) is 19.3 Å². The zero-order valence-corrected chi connectivity index (χ0v) is 56.9. The number of aliphatic hydroxyl groups is 1. The molecule has 504 valence electrons. The van der Waals surface area contributed by atoms with E-state index in [-0.39, 0.29) is 25.7 Å². The predicted octanol–water partition coefficient (Wildman–Crippen LogP) is 18.3. The molecule has 0 saturated heterocycles. The lowest BCUT2D eigenvalue weighted by molar-refractivity contribution is -0.161. The van der Waals surface area contributed by atoms with Gasteiger partial charge in [0.15, 0.2) is 12.2 Å². The van der Waals surface area contributed by atoms with Crippen molar-refractivity contribution in [3.8, 4) is 0 Å². The molecule has 0 aromatic rings. The molecule has 17 nitrogen and oxygen atoms in total. The predicted molar refractivity (Wildman–Crippen MR) is 340 cm³/mol. The van der Waals surface area contributed by atoms with Crippen LogP contribution < -0.4 is 0 Å². The van der Waals surface area contributed by atoms with Crippen LogP contribution in [-0.4, -0.2) is 96.7 Å². The number of rotatable bonds is 64. The highest BCUT2D eigenvalue weighted by Crippen LogP contribution is 2.45. The van der Waals surface area contributed by atoms with Gasteiger partial charge in [-0.2, -0.15) is 0 Å². The van der Waals surface area contributed by atoms with Crippen LogP contribution in [0.25, 0.3) is 0 Å². The van der Waals surface area contributed by atoms with Crippen molar-refractivity contribution in [2.75, 3.05) is 39.6 Å². The van der Waals surface area contributed by atoms with Crippen molar-refractivity contribution in [1.82, 2.24) is 0 Å². The Labute approximate surface area is 517 Å². The molecule has 0 heterocycles. The number of phosphoric ester groups is 2. The summed E-state index contributed by atoms with van der Waals surface area (Å²) < 4.78 is 68.0. The van der Waals surface area contributed by atoms with Crippen molar-refractivity contribution < 1.29 is 80.2 Å². The quantitative estimate of drug-likeness (QED) is 0.0222. The summed E-state index contributed by atoms with van der Waals surface area (Å²) in [6.45, 7) is 11.7. The van der Waals surface area contributed by atoms with Crippen LogP contribution in [0.3, 0.4) is 0 Å². The fourth-order valence-electron chi connectivity index (χ4n) is 9.80. The van der Waals surface area contributed by atoms with Gasteiger partial charge in [0, 0.05) is 25.7 Å². The summed E-state index contributed by atoms with van der Waals surface area (Å²) in [6, 6.07) is 0. The number of hydrogen-bond acceptors (Lipinski definition) is 15. The Morgan fingerprint density at radius 2 is 0.600 bits per heavy atom. The second-order valence-corrected chi connectivity index (χ2v) is 28.0. The molecule has 3 N–H and O–H groups in total. The van der Waals surface area contributed by atoms with E-state index in [2.05, 4.69) is 48.5 Å². The number of carbonyl (C=O) groups is 4. The molecule has 0 saturated carbocycles. The Morgan fingerprint density at radius 3 is 0.894 bits per heavy atom. The van der Waals surface area contributed by atoms with Crippen molar-refractivity contribution in [2.45, 2.75) is 343 Å². The van der Waals surface area contributed by atoms with Gasteiger partial charge < -0.3 is 33.8 Å². The van der Waals surface area contributed by atoms with Crippen LogP contribution in [0.2, 0.25) is 0 Å². The number of hydrogen-bond donors (Lipinski definition) is 3. The largest absolute Gasteiger partial charge is 0.472 e. The maximum Gasteiger partial charge on any atom is 0.472 e. The van der Waals surface area contributed by atoms with E-state index in [9.17, 15) is 43.2 Å². The van der Waals surface area contributed by atoms with Crippen LogP contribution in [0, 0.1) is 17.8 Å². The van der Waals surface area contributed by atoms with Crippen LogP contribution in [0.15, 0.2) is 0 Å². The fourth-order valence-corrected chi connectivity index (χ4v) is 11.4. The summed E-state index contributed by atoms with van der Waals surface area (Å²) in [7, 11) is -9.89. The smallest absolute Gasteiger partial charge is 0.462 e. The van der Waals surface area contributed by atoms with Gasteiger partial charge in [0.2, 0.25) is 0 Å². The van der Waals surface area contributed by atoms with Gasteiger partial charge in [-0.1, -0.05) is 273 Å². The van der Waals surface area contributed by atoms with Crippen LogP contribution >= 0.6 is 15.6 Å². The molecule has 0 aromatic heterocycles. The zero-order chi connectivity index (χ0) is 63.1. The molecule has 19 heteroatoms. The van der Waals surface area contributed by atoms with Crippen molar-refractivity contribution in [3.63, 3.8) is 0 Å². The number of aliphatic hydroxyl groups excluding tert-OH is 1. The van der Waals surface area contributed by atoms with Crippen molar-refractivity contribution in [3.05, 3.63) is 0 Å². The van der Waals surface area contributed by atoms with Gasteiger partial charge in [0.25, 0.3) is 0 Å². The third kappa shape index (κ3) is 59.5. The first-order valence-corrected chi connectivity index (χ1v) is 37.4. The van der Waals surface area contributed by atoms with Gasteiger partial charge >= 0.3 is 39.5 Å². The molecule has 85 heavy (non-hydrogen) atoms. The molecule has 0 spiro atoms. The Hall–Kier alpha value is -1.94. The normalized spacial score (nSPS) is 14.6. The average Bonchev–Trinajstić information content (AvgIpc) is 3.63. The Bertz CT molecular complexity index is 1680. The molecule has 6 atom stereocenters. The lowest BCUT2D eigenvalue weighted by Gasteiger charge is -2.21. The van der Waals surface area contributed by atoms with E-state index in [1.807, 2.05) is 0 Å². The van der Waals surface area contributed by atoms with Gasteiger partial charge in [0.05, 0.1) is 26.4 Å². The van der Waals surface area contributed by atoms with Crippen LogP contribution in [0.1, 0.15) is 325 Å². The van der Waals surface area contributed by atoms with Gasteiger partial charge in [-0.3, -0.25) is 37.3 Å². The molecule has 0 fully saturated rings. The third-order valence-electron chi connectivity index (χ3n) is 15.5. The lowest BCUT2D eigenvalue weighted by Crippen LogP contribution is -2.30. The number of unbranched alkanes of at least 4 members (excludes halogenated alkanes) is 31. The van der Waals surface area contributed by atoms with E-state index in [1.165, 1.54) is 122 Å². The molecule has 0 rings (SSSR count). The first-order valence-electron chi connectivity index (χ1n) is 34.4. The van der Waals surface area contributed by atoms with E-state index in [0.717, 1.165) is 115 Å². The number of esters is 4. The second kappa shape index (κ2) is 57.2. The molecular weight excluding hydrogens is 1130 g/mol. The van der Waals surface area contributed by atoms with E-state index in [1.54, 1.807) is 0 Å². The Morgan fingerprint density at radius 1 is 0.341 bits per heavy atom. The molecule has 0 radical (unpaired) electrons. The lowest BCUT2D eigenvalue weighted by atomic mass is 9.99. The second-order valence-electron chi connectivity index (χ2n) is 25.1. The summed E-state index contributed by atoms with van der Waals surface area (Å²) >= 11 is 0. The molecule has 3 unspecified atom stereocenters. The van der Waals surface area contributed by atoms with Crippen molar-refractivity contribution >= 4 is 39.5 Å². The molecule has 0 aliphatic rings. The monoisotopic (exact) mass is 1250 g/mol. The van der Waals surface area contributed by atoms with Crippen molar-refractivity contribution in [2.24, 2.45) is 17.8 Å². The maximum absolute atomic E-state index is 13.0. The SMILES string of the molecule is CCCCCCCCCC(=O)OC[C@H](COP(=O)(O)OC[C@H](O)COP(=O)(O)OC[C@@H](COC(=O)CCCCCCCCCCCCC(C)CC)OC(=O)CCCCCCCCCCCCCCC(C)C)OC(=O)CCCCCCCCC(C)C. The number of phosphoric acid groups is 2. The van der Waals surface area contributed by atoms with Gasteiger partial charge in [-0.25, -0.2) is 9.13 Å². The summed E-state index contributed by atoms with van der Waals surface area (Å²) in [4.78, 5) is 72.2. The van der Waals surface area contributed by atoms with Crippen LogP contribution in [-0.2, 0) is 65.4 Å². The highest BCUT2D eigenvalue weighted by molar-refractivity contribution is 7.47. The Kier molecular flexibility index (Phi) is 55.9. The molecule has 0 aromatic carbocycles. The minimum absolute atomic E-state index is 0.101. The Balaban J connectivity index is 5.21. The summed E-state index contributed by atoms with van der Waals surface area (Å²) in [5.74, 6) is 0.116. The first kappa shape index (κ1) is 83.1. The average molecular weight is 1260 g/mol. The summed E-state index contributed by atoms with van der Waals surface area (Å²) in [6.07, 6.45) is 39.1. The molecular formula is C66H128O17P2. The minimum atomic E-state index is -4.95. The summed E-state index contributed by atoms with van der Waals surface area (Å²) in [5.41, 5.74) is 0. The standard InChI is InChI=1S/C66H128O17P2/c1-8-10-11-12-23-33-40-47-63(68)76-53-62(83-66(71)50-43-36-29-28-31-38-45-58(5)6)56-81-85(74,75)79-52-60(67)51-78-84(72,73)80-55-61(54-77-64(69)48-41-34-26-21-18-17-20-25-32-39-46-59(7)9-2)82-65(70)49-42-35-27-22-16-14-13-15-19-24-30-37-44-57(3)4/h57-62,67H,8-56H2,1-7H3,(H,72,73)(H,74,75)/t59?,60-,61-,62-/m1/s1. The van der Waals surface area contributed by atoms with E-state index < -0.39 is 97.5 Å². The van der Waals surface area contributed by atoms with Crippen LogP contribution in [0.4, 0.5) is 0 Å². The van der Waals surface area contributed by atoms with E-state index in [4.69, 9.17) is 37.0 Å². The highest BCUT2D eigenvalue weighted by atomic mass is 31.2. The molecule has 0 amide bonds. The zero-order valence-electron chi connectivity index (χ0n) is 55.1. The molecule has 0 aliphatic heterocycles. The minimum Gasteiger partial charge on any atom is -0.462 e. The van der Waals surface area contributed by atoms with Gasteiger partial charge in [-0.05, 0) is 43.4 Å². The van der Waals surface area contributed by atoms with E-state index >= 15 is 0 Å². The topological polar surface area (TPSA) is 237 Å². The van der Waals surface area contributed by atoms with Crippen molar-refractivity contribution in [1.29, 1.82) is 0 Å². The summed E-state index contributed by atoms with van der Waals surface area (Å²) in [5, 5.41) is 10.5. The van der Waals surface area contributed by atoms with E-state index in [0.29, 0.717) is 31.6 Å². The maximum atomic E-state index is 13.0. The fraction of sp³-hybridized carbons (Fsp3) is 0.939. The highest BCUT2D eigenvalue weighted by Gasteiger charge is 2.30. The first-order chi connectivity index (χ1) is 40.8. The number of ether oxygens (including phenoxy) is 4. The molecule has 0 bridgehead atoms. The molecule has 0 aliphatic carbocycles. The van der Waals surface area contributed by atoms with Gasteiger partial charge in [-0.15, -0.1) is 0 Å². The van der Waals surface area contributed by atoms with Crippen LogP contribution in [0.5, 0.6) is 0 Å². The number of carbonyl (C=O) groups excluding carboxylic acids is 4.